The van der Waals surface area contributed by atoms with Crippen molar-refractivity contribution in [2.75, 3.05) is 6.61 Å². The summed E-state index contributed by atoms with van der Waals surface area (Å²) in [7, 11) is 0. The Kier molecular flexibility index (Phi) is 3.52. The summed E-state index contributed by atoms with van der Waals surface area (Å²) in [6, 6.07) is 11.5. The van der Waals surface area contributed by atoms with Gasteiger partial charge < -0.3 is 0 Å². The number of carbonyl (C=O) groups excluding carboxylic acids is 1. The van der Waals surface area contributed by atoms with Gasteiger partial charge in [0.25, 0.3) is 5.91 Å². The predicted octanol–water partition coefficient (Wildman–Crippen LogP) is 2.43. The van der Waals surface area contributed by atoms with E-state index in [1.54, 1.807) is 4.68 Å². The molecule has 1 heterocycles. The van der Waals surface area contributed by atoms with Crippen molar-refractivity contribution in [3.8, 4) is 5.69 Å². The van der Waals surface area contributed by atoms with Gasteiger partial charge in [-0.25, -0.2) is 10.2 Å². The molecule has 2 aromatic rings. The van der Waals surface area contributed by atoms with Crippen molar-refractivity contribution in [2.45, 2.75) is 25.7 Å². The van der Waals surface area contributed by atoms with Crippen LogP contribution in [0.15, 0.2) is 36.4 Å². The summed E-state index contributed by atoms with van der Waals surface area (Å²) < 4.78 is 1.68. The van der Waals surface area contributed by atoms with Gasteiger partial charge in [-0.15, -0.1) is 0 Å². The molecule has 1 aliphatic rings. The molecule has 5 heteroatoms. The van der Waals surface area contributed by atoms with Crippen molar-refractivity contribution < 1.29 is 9.63 Å². The first kappa shape index (κ1) is 12.9. The maximum Gasteiger partial charge on any atom is 0.293 e. The lowest BCUT2D eigenvalue weighted by molar-refractivity contribution is 0.0357. The zero-order valence-corrected chi connectivity index (χ0v) is 11.4. The zero-order valence-electron chi connectivity index (χ0n) is 11.4. The second kappa shape index (κ2) is 5.46. The SMILES string of the molecule is CCONC(=O)c1cc(C2CC2)nn1-c1ccccc1. The van der Waals surface area contributed by atoms with Gasteiger partial charge in [0.05, 0.1) is 18.0 Å². The highest BCUT2D eigenvalue weighted by Crippen LogP contribution is 2.39. The van der Waals surface area contributed by atoms with Crippen molar-refractivity contribution in [2.24, 2.45) is 0 Å². The minimum Gasteiger partial charge on any atom is -0.274 e. The Morgan fingerprint density at radius 3 is 2.80 bits per heavy atom. The van der Waals surface area contributed by atoms with Crippen molar-refractivity contribution in [1.82, 2.24) is 15.3 Å². The van der Waals surface area contributed by atoms with Gasteiger partial charge in [-0.05, 0) is 38.0 Å². The minimum absolute atomic E-state index is 0.268. The average Bonchev–Trinajstić information content (AvgIpc) is 3.24. The van der Waals surface area contributed by atoms with E-state index in [1.807, 2.05) is 43.3 Å². The highest BCUT2D eigenvalue weighted by atomic mass is 16.6. The van der Waals surface area contributed by atoms with Crippen LogP contribution in [0.25, 0.3) is 5.69 Å². The lowest BCUT2D eigenvalue weighted by Crippen LogP contribution is -2.26. The molecule has 0 spiro atoms. The molecule has 0 radical (unpaired) electrons. The number of amides is 1. The zero-order chi connectivity index (χ0) is 13.9. The van der Waals surface area contributed by atoms with Crippen molar-refractivity contribution in [1.29, 1.82) is 0 Å². The van der Waals surface area contributed by atoms with Gasteiger partial charge in [-0.2, -0.15) is 5.10 Å². The van der Waals surface area contributed by atoms with E-state index in [2.05, 4.69) is 10.6 Å². The molecule has 104 valence electrons. The molecule has 1 fully saturated rings. The molecule has 0 bridgehead atoms. The molecule has 0 unspecified atom stereocenters. The number of hydrogen-bond donors (Lipinski definition) is 1. The van der Waals surface area contributed by atoms with Crippen LogP contribution in [0, 0.1) is 0 Å². The van der Waals surface area contributed by atoms with Crippen molar-refractivity contribution >= 4 is 5.91 Å². The number of benzene rings is 1. The van der Waals surface area contributed by atoms with Crippen LogP contribution in [0.3, 0.4) is 0 Å². The van der Waals surface area contributed by atoms with Gasteiger partial charge in [0.1, 0.15) is 5.69 Å². The van der Waals surface area contributed by atoms with Crippen LogP contribution in [0.5, 0.6) is 0 Å². The summed E-state index contributed by atoms with van der Waals surface area (Å²) >= 11 is 0. The topological polar surface area (TPSA) is 56.1 Å². The Hall–Kier alpha value is -2.14. The Morgan fingerprint density at radius 2 is 2.15 bits per heavy atom. The first-order valence-electron chi connectivity index (χ1n) is 6.87. The van der Waals surface area contributed by atoms with Crippen molar-refractivity contribution in [3.63, 3.8) is 0 Å². The summed E-state index contributed by atoms with van der Waals surface area (Å²) in [5.41, 5.74) is 4.80. The second-order valence-corrected chi connectivity index (χ2v) is 4.84. The molecule has 20 heavy (non-hydrogen) atoms. The standard InChI is InChI=1S/C15H17N3O2/c1-2-20-17-15(19)14-10-13(11-8-9-11)16-18(14)12-6-4-3-5-7-12/h3-7,10-11H,2,8-9H2,1H3,(H,17,19). The summed E-state index contributed by atoms with van der Waals surface area (Å²) in [6.45, 7) is 2.26. The highest BCUT2D eigenvalue weighted by molar-refractivity contribution is 5.92. The Labute approximate surface area is 117 Å². The fraction of sp³-hybridized carbons (Fsp3) is 0.333. The highest BCUT2D eigenvalue weighted by Gasteiger charge is 2.29. The van der Waals surface area contributed by atoms with Crippen LogP contribution in [0.1, 0.15) is 41.9 Å². The number of para-hydroxylation sites is 1. The van der Waals surface area contributed by atoms with E-state index in [0.717, 1.165) is 24.2 Å². The summed E-state index contributed by atoms with van der Waals surface area (Å²) in [4.78, 5) is 17.1. The van der Waals surface area contributed by atoms with E-state index in [0.29, 0.717) is 18.2 Å². The van der Waals surface area contributed by atoms with Crippen LogP contribution < -0.4 is 5.48 Å². The predicted molar refractivity (Wildman–Crippen MR) is 74.6 cm³/mol. The lowest BCUT2D eigenvalue weighted by atomic mass is 10.2. The van der Waals surface area contributed by atoms with Crippen LogP contribution in [0.2, 0.25) is 0 Å². The molecule has 1 amide bonds. The molecule has 1 aromatic heterocycles. The number of aromatic nitrogens is 2. The van der Waals surface area contributed by atoms with Crippen LogP contribution in [0.4, 0.5) is 0 Å². The molecule has 3 rings (SSSR count). The monoisotopic (exact) mass is 271 g/mol. The molecule has 0 saturated heterocycles. The first-order chi connectivity index (χ1) is 9.79. The fourth-order valence-corrected chi connectivity index (χ4v) is 2.10. The molecular weight excluding hydrogens is 254 g/mol. The summed E-state index contributed by atoms with van der Waals surface area (Å²) in [5, 5.41) is 4.57. The lowest BCUT2D eigenvalue weighted by Gasteiger charge is -2.07. The summed E-state index contributed by atoms with van der Waals surface area (Å²) in [6.07, 6.45) is 2.30. The summed E-state index contributed by atoms with van der Waals surface area (Å²) in [5.74, 6) is 0.230. The minimum atomic E-state index is -0.268. The number of nitrogens with one attached hydrogen (secondary N) is 1. The van der Waals surface area contributed by atoms with Gasteiger partial charge in [0.15, 0.2) is 0 Å². The van der Waals surface area contributed by atoms with Gasteiger partial charge in [0.2, 0.25) is 0 Å². The third-order valence-electron chi connectivity index (χ3n) is 3.27. The van der Waals surface area contributed by atoms with E-state index >= 15 is 0 Å². The molecule has 1 aliphatic carbocycles. The number of rotatable bonds is 5. The van der Waals surface area contributed by atoms with E-state index in [-0.39, 0.29) is 5.91 Å². The van der Waals surface area contributed by atoms with Gasteiger partial charge in [-0.3, -0.25) is 9.63 Å². The average molecular weight is 271 g/mol. The fourth-order valence-electron chi connectivity index (χ4n) is 2.10. The quantitative estimate of drug-likeness (QED) is 0.850. The number of hydroxylamine groups is 1. The number of nitrogens with zero attached hydrogens (tertiary/aromatic N) is 2. The molecule has 1 N–H and O–H groups in total. The Morgan fingerprint density at radius 1 is 1.40 bits per heavy atom. The molecule has 1 aromatic carbocycles. The molecule has 0 atom stereocenters. The Balaban J connectivity index is 1.96. The molecule has 0 aliphatic heterocycles. The van der Waals surface area contributed by atoms with Gasteiger partial charge >= 0.3 is 0 Å². The van der Waals surface area contributed by atoms with Gasteiger partial charge in [-0.1, -0.05) is 18.2 Å². The molecular formula is C15H17N3O2. The third kappa shape index (κ3) is 2.58. The maximum absolute atomic E-state index is 12.2. The van der Waals surface area contributed by atoms with E-state index < -0.39 is 0 Å². The van der Waals surface area contributed by atoms with Crippen LogP contribution in [-0.2, 0) is 4.84 Å². The third-order valence-corrected chi connectivity index (χ3v) is 3.27. The second-order valence-electron chi connectivity index (χ2n) is 4.84. The van der Waals surface area contributed by atoms with E-state index in [9.17, 15) is 4.79 Å². The maximum atomic E-state index is 12.2. The first-order valence-corrected chi connectivity index (χ1v) is 6.87. The normalized spacial score (nSPS) is 14.2. The number of carbonyl (C=O) groups is 1. The van der Waals surface area contributed by atoms with Gasteiger partial charge in [0, 0.05) is 5.92 Å². The smallest absolute Gasteiger partial charge is 0.274 e. The largest absolute Gasteiger partial charge is 0.293 e. The van der Waals surface area contributed by atoms with Crippen LogP contribution in [-0.4, -0.2) is 22.3 Å². The van der Waals surface area contributed by atoms with Crippen LogP contribution >= 0.6 is 0 Å². The molecule has 1 saturated carbocycles. The Bertz CT molecular complexity index is 603. The van der Waals surface area contributed by atoms with E-state index in [4.69, 9.17) is 4.84 Å². The number of hydrogen-bond acceptors (Lipinski definition) is 3. The molecule has 5 nitrogen and oxygen atoms in total. The van der Waals surface area contributed by atoms with E-state index in [1.165, 1.54) is 0 Å². The van der Waals surface area contributed by atoms with Crippen molar-refractivity contribution in [3.05, 3.63) is 47.8 Å².